The van der Waals surface area contributed by atoms with E-state index in [-0.39, 0.29) is 11.7 Å². The van der Waals surface area contributed by atoms with E-state index in [1.54, 1.807) is 11.9 Å². The maximum Gasteiger partial charge on any atom is 0.573 e. The SMILES string of the molecule is CSc1nc(C)c(CCC(=O)N(C)Cc2ccc(OC(F)(F)F)cc2)c(C)n1. The summed E-state index contributed by atoms with van der Waals surface area (Å²) in [5.74, 6) is -0.353. The van der Waals surface area contributed by atoms with Crippen LogP contribution in [-0.2, 0) is 17.8 Å². The van der Waals surface area contributed by atoms with Crippen molar-refractivity contribution in [2.24, 2.45) is 0 Å². The van der Waals surface area contributed by atoms with Crippen molar-refractivity contribution >= 4 is 17.7 Å². The first-order chi connectivity index (χ1) is 13.1. The molecule has 0 aliphatic heterocycles. The van der Waals surface area contributed by atoms with Crippen molar-refractivity contribution < 1.29 is 22.7 Å². The molecule has 1 aromatic carbocycles. The smallest absolute Gasteiger partial charge is 0.406 e. The Morgan fingerprint density at radius 3 is 2.21 bits per heavy atom. The van der Waals surface area contributed by atoms with Gasteiger partial charge in [0.15, 0.2) is 5.16 Å². The predicted molar refractivity (Wildman–Crippen MR) is 101 cm³/mol. The van der Waals surface area contributed by atoms with Crippen LogP contribution in [0.4, 0.5) is 13.2 Å². The van der Waals surface area contributed by atoms with E-state index in [9.17, 15) is 18.0 Å². The number of hydrogen-bond donors (Lipinski definition) is 0. The zero-order chi connectivity index (χ0) is 20.9. The summed E-state index contributed by atoms with van der Waals surface area (Å²) in [5, 5.41) is 0.708. The average Bonchev–Trinajstić information content (AvgIpc) is 2.61. The number of amides is 1. The van der Waals surface area contributed by atoms with Gasteiger partial charge in [0, 0.05) is 31.4 Å². The molecule has 1 amide bonds. The molecule has 28 heavy (non-hydrogen) atoms. The number of benzene rings is 1. The number of thioether (sulfide) groups is 1. The fourth-order valence-electron chi connectivity index (χ4n) is 2.74. The number of aromatic nitrogens is 2. The van der Waals surface area contributed by atoms with Crippen LogP contribution in [0, 0.1) is 13.8 Å². The van der Waals surface area contributed by atoms with Crippen LogP contribution in [0.1, 0.15) is 28.9 Å². The zero-order valence-corrected chi connectivity index (χ0v) is 16.9. The summed E-state index contributed by atoms with van der Waals surface area (Å²) in [6, 6.07) is 5.49. The summed E-state index contributed by atoms with van der Waals surface area (Å²) in [7, 11) is 1.66. The number of alkyl halides is 3. The molecule has 0 N–H and O–H groups in total. The van der Waals surface area contributed by atoms with Crippen LogP contribution in [-0.4, -0.2) is 40.4 Å². The third-order valence-electron chi connectivity index (χ3n) is 4.17. The van der Waals surface area contributed by atoms with E-state index in [4.69, 9.17) is 0 Å². The highest BCUT2D eigenvalue weighted by atomic mass is 32.2. The van der Waals surface area contributed by atoms with Gasteiger partial charge in [-0.1, -0.05) is 23.9 Å². The second-order valence-electron chi connectivity index (χ2n) is 6.30. The molecule has 0 aliphatic carbocycles. The maximum atomic E-state index is 12.4. The fraction of sp³-hybridized carbons (Fsp3) is 0.421. The number of carbonyl (C=O) groups excluding carboxylic acids is 1. The number of rotatable bonds is 7. The molecule has 0 radical (unpaired) electrons. The molecule has 9 heteroatoms. The van der Waals surface area contributed by atoms with Crippen molar-refractivity contribution in [3.63, 3.8) is 0 Å². The second-order valence-corrected chi connectivity index (χ2v) is 7.07. The Kier molecular flexibility index (Phi) is 7.29. The van der Waals surface area contributed by atoms with Gasteiger partial charge in [-0.05, 0) is 49.8 Å². The van der Waals surface area contributed by atoms with Gasteiger partial charge in [0.25, 0.3) is 0 Å². The van der Waals surface area contributed by atoms with Gasteiger partial charge in [-0.2, -0.15) is 0 Å². The summed E-state index contributed by atoms with van der Waals surface area (Å²) in [6.07, 6.45) is -1.97. The highest BCUT2D eigenvalue weighted by Gasteiger charge is 2.30. The highest BCUT2D eigenvalue weighted by molar-refractivity contribution is 7.98. The number of halogens is 3. The number of nitrogens with zero attached hydrogens (tertiary/aromatic N) is 3. The molecule has 0 saturated heterocycles. The Balaban J connectivity index is 1.93. The third-order valence-corrected chi connectivity index (χ3v) is 4.72. The van der Waals surface area contributed by atoms with Crippen molar-refractivity contribution in [1.29, 1.82) is 0 Å². The first kappa shape index (κ1) is 22.0. The molecule has 152 valence electrons. The molecule has 1 aromatic heterocycles. The monoisotopic (exact) mass is 413 g/mol. The van der Waals surface area contributed by atoms with Crippen molar-refractivity contribution in [2.75, 3.05) is 13.3 Å². The number of aryl methyl sites for hydroxylation is 2. The number of hydrogen-bond acceptors (Lipinski definition) is 5. The van der Waals surface area contributed by atoms with Crippen LogP contribution in [0.3, 0.4) is 0 Å². The summed E-state index contributed by atoms with van der Waals surface area (Å²) < 4.78 is 40.4. The minimum atomic E-state index is -4.72. The normalized spacial score (nSPS) is 11.4. The molecular weight excluding hydrogens is 391 g/mol. The van der Waals surface area contributed by atoms with Gasteiger partial charge in [0.2, 0.25) is 5.91 Å². The van der Waals surface area contributed by atoms with Crippen molar-refractivity contribution in [2.45, 2.75) is 44.8 Å². The van der Waals surface area contributed by atoms with Gasteiger partial charge < -0.3 is 9.64 Å². The van der Waals surface area contributed by atoms with Gasteiger partial charge >= 0.3 is 6.36 Å². The molecule has 5 nitrogen and oxygen atoms in total. The Labute approximate surface area is 166 Å². The molecular formula is C19H22F3N3O2S. The lowest BCUT2D eigenvalue weighted by atomic mass is 10.1. The average molecular weight is 413 g/mol. The maximum absolute atomic E-state index is 12.4. The molecule has 1 heterocycles. The first-order valence-corrected chi connectivity index (χ1v) is 9.78. The van der Waals surface area contributed by atoms with E-state index < -0.39 is 6.36 Å². The number of ether oxygens (including phenoxy) is 1. The molecule has 0 spiro atoms. The largest absolute Gasteiger partial charge is 0.573 e. The topological polar surface area (TPSA) is 55.3 Å². The minimum absolute atomic E-state index is 0.0663. The molecule has 0 saturated carbocycles. The van der Waals surface area contributed by atoms with Crippen LogP contribution in [0.5, 0.6) is 5.75 Å². The van der Waals surface area contributed by atoms with Crippen LogP contribution < -0.4 is 4.74 Å². The van der Waals surface area contributed by atoms with Gasteiger partial charge in [-0.3, -0.25) is 4.79 Å². The Bertz CT molecular complexity index is 803. The number of carbonyl (C=O) groups is 1. The molecule has 2 aromatic rings. The van der Waals surface area contributed by atoms with Crippen LogP contribution in [0.15, 0.2) is 29.4 Å². The quantitative estimate of drug-likeness (QED) is 0.500. The molecule has 0 unspecified atom stereocenters. The lowest BCUT2D eigenvalue weighted by molar-refractivity contribution is -0.274. The van der Waals surface area contributed by atoms with Crippen molar-refractivity contribution in [3.05, 3.63) is 46.8 Å². The second kappa shape index (κ2) is 9.27. The van der Waals surface area contributed by atoms with Crippen LogP contribution in [0.25, 0.3) is 0 Å². The predicted octanol–water partition coefficient (Wildman–Crippen LogP) is 4.31. The van der Waals surface area contributed by atoms with Gasteiger partial charge in [-0.15, -0.1) is 13.2 Å². The Morgan fingerprint density at radius 2 is 1.71 bits per heavy atom. The zero-order valence-electron chi connectivity index (χ0n) is 16.1. The molecule has 2 rings (SSSR count). The van der Waals surface area contributed by atoms with E-state index in [0.29, 0.717) is 30.1 Å². The molecule has 0 bridgehead atoms. The van der Waals surface area contributed by atoms with E-state index in [2.05, 4.69) is 14.7 Å². The standard InChI is InChI=1S/C19H22F3N3O2S/c1-12-16(13(2)24-18(23-12)28-4)9-10-17(26)25(3)11-14-5-7-15(8-6-14)27-19(20,21)22/h5-8H,9-11H2,1-4H3. The van der Waals surface area contributed by atoms with E-state index in [1.807, 2.05) is 20.1 Å². The van der Waals surface area contributed by atoms with E-state index >= 15 is 0 Å². The van der Waals surface area contributed by atoms with E-state index in [1.165, 1.54) is 36.0 Å². The van der Waals surface area contributed by atoms with Crippen molar-refractivity contribution in [1.82, 2.24) is 14.9 Å². The van der Waals surface area contributed by atoms with Crippen LogP contribution in [0.2, 0.25) is 0 Å². The van der Waals surface area contributed by atoms with E-state index in [0.717, 1.165) is 17.0 Å². The highest BCUT2D eigenvalue weighted by Crippen LogP contribution is 2.23. The summed E-state index contributed by atoms with van der Waals surface area (Å²) in [6.45, 7) is 4.11. The van der Waals surface area contributed by atoms with Crippen LogP contribution >= 0.6 is 11.8 Å². The third kappa shape index (κ3) is 6.40. The Morgan fingerprint density at radius 1 is 1.14 bits per heavy atom. The fourth-order valence-corrected chi connectivity index (χ4v) is 3.20. The van der Waals surface area contributed by atoms with Crippen molar-refractivity contribution in [3.8, 4) is 5.75 Å². The lowest BCUT2D eigenvalue weighted by Gasteiger charge is -2.18. The van der Waals surface area contributed by atoms with Gasteiger partial charge in [0.1, 0.15) is 5.75 Å². The molecule has 0 fully saturated rings. The Hall–Kier alpha value is -2.29. The minimum Gasteiger partial charge on any atom is -0.406 e. The first-order valence-electron chi connectivity index (χ1n) is 8.56. The lowest BCUT2D eigenvalue weighted by Crippen LogP contribution is -2.26. The van der Waals surface area contributed by atoms with Gasteiger partial charge in [-0.25, -0.2) is 9.97 Å². The van der Waals surface area contributed by atoms with Gasteiger partial charge in [0.05, 0.1) is 0 Å². The molecule has 0 atom stereocenters. The molecule has 0 aliphatic rings. The summed E-state index contributed by atoms with van der Waals surface area (Å²) in [4.78, 5) is 22.8. The summed E-state index contributed by atoms with van der Waals surface area (Å²) >= 11 is 1.47. The summed E-state index contributed by atoms with van der Waals surface area (Å²) in [5.41, 5.74) is 3.42.